The average Bonchev–Trinajstić information content (AvgIpc) is 3.28. The van der Waals surface area contributed by atoms with Gasteiger partial charge in [0.1, 0.15) is 0 Å². The van der Waals surface area contributed by atoms with Crippen LogP contribution in [-0.2, 0) is 36.1 Å². The van der Waals surface area contributed by atoms with Crippen LogP contribution in [0.1, 0.15) is 35.1 Å². The highest BCUT2D eigenvalue weighted by molar-refractivity contribution is 7.79. The molecule has 9 heteroatoms. The Kier molecular flexibility index (Phi) is 6.00. The average molecular weight is 447 g/mol. The predicted octanol–water partition coefficient (Wildman–Crippen LogP) is 2.50. The van der Waals surface area contributed by atoms with E-state index >= 15 is 0 Å². The van der Waals surface area contributed by atoms with Gasteiger partial charge in [-0.3, -0.25) is 9.11 Å². The first kappa shape index (κ1) is 21.7. The molecule has 31 heavy (non-hydrogen) atoms. The highest BCUT2D eigenvalue weighted by Gasteiger charge is 2.26. The molecule has 0 fully saturated rings. The van der Waals surface area contributed by atoms with Crippen LogP contribution in [0.4, 0.5) is 22.7 Å². The number of nitrogens with zero attached hydrogens (tertiary/aromatic N) is 2. The summed E-state index contributed by atoms with van der Waals surface area (Å²) in [5, 5.41) is 0. The normalized spacial score (nSPS) is 17.7. The number of nitrogens with two attached hydrogens (primary N) is 2. The number of hydrogen-bond acceptors (Lipinski definition) is 6. The highest BCUT2D eigenvalue weighted by Crippen LogP contribution is 2.38. The molecule has 0 radical (unpaired) electrons. The Morgan fingerprint density at radius 3 is 1.32 bits per heavy atom. The second kappa shape index (κ2) is 8.57. The SMILES string of the molecule is Nc1cc2c3c(c1)CCN3CCC2.Nc1cc2c3c(c1)CCN3CCC2.O=S(=O)(O)O. The highest BCUT2D eigenvalue weighted by atomic mass is 32.3. The van der Waals surface area contributed by atoms with E-state index in [0.717, 1.165) is 11.4 Å². The molecule has 0 aromatic heterocycles. The Labute approximate surface area is 183 Å². The van der Waals surface area contributed by atoms with E-state index in [9.17, 15) is 0 Å². The summed E-state index contributed by atoms with van der Waals surface area (Å²) < 4.78 is 31.6. The third-order valence-corrected chi connectivity index (χ3v) is 6.26. The Balaban J connectivity index is 0.000000124. The molecule has 4 aliphatic heterocycles. The van der Waals surface area contributed by atoms with E-state index in [1.165, 1.54) is 98.3 Å². The minimum absolute atomic E-state index is 0.942. The summed E-state index contributed by atoms with van der Waals surface area (Å²) in [6.07, 6.45) is 7.38. The molecule has 0 atom stereocenters. The van der Waals surface area contributed by atoms with Crippen molar-refractivity contribution in [2.75, 3.05) is 47.4 Å². The third kappa shape index (κ3) is 5.06. The fourth-order valence-electron chi connectivity index (χ4n) is 5.25. The fraction of sp³-hybridized carbons (Fsp3) is 0.455. The van der Waals surface area contributed by atoms with Gasteiger partial charge in [0, 0.05) is 48.9 Å². The number of aryl methyl sites for hydroxylation is 2. The molecule has 2 aromatic rings. The van der Waals surface area contributed by atoms with E-state index in [4.69, 9.17) is 29.0 Å². The Morgan fingerprint density at radius 1 is 0.645 bits per heavy atom. The molecule has 8 nitrogen and oxygen atoms in total. The molecule has 0 amide bonds. The van der Waals surface area contributed by atoms with Crippen LogP contribution in [0, 0.1) is 0 Å². The van der Waals surface area contributed by atoms with Crippen LogP contribution in [0.15, 0.2) is 24.3 Å². The summed E-state index contributed by atoms with van der Waals surface area (Å²) >= 11 is 0. The van der Waals surface area contributed by atoms with Gasteiger partial charge < -0.3 is 21.3 Å². The van der Waals surface area contributed by atoms with E-state index in [2.05, 4.69) is 34.1 Å². The lowest BCUT2D eigenvalue weighted by atomic mass is 9.99. The maximum atomic E-state index is 8.74. The van der Waals surface area contributed by atoms with E-state index < -0.39 is 10.4 Å². The third-order valence-electron chi connectivity index (χ3n) is 6.26. The summed E-state index contributed by atoms with van der Waals surface area (Å²) in [6.45, 7) is 4.88. The quantitative estimate of drug-likeness (QED) is 0.358. The molecule has 6 N–H and O–H groups in total. The molecular weight excluding hydrogens is 416 g/mol. The van der Waals surface area contributed by atoms with Crippen LogP contribution in [0.25, 0.3) is 0 Å². The number of benzene rings is 2. The molecule has 6 rings (SSSR count). The summed E-state index contributed by atoms with van der Waals surface area (Å²) in [5.41, 5.74) is 22.5. The number of anilines is 4. The number of hydrogen-bond donors (Lipinski definition) is 4. The maximum absolute atomic E-state index is 8.74. The fourth-order valence-corrected chi connectivity index (χ4v) is 5.25. The molecule has 0 spiro atoms. The van der Waals surface area contributed by atoms with E-state index in [1.807, 2.05) is 0 Å². The van der Waals surface area contributed by atoms with Crippen molar-refractivity contribution in [1.29, 1.82) is 0 Å². The van der Waals surface area contributed by atoms with Gasteiger partial charge in [0.25, 0.3) is 0 Å². The predicted molar refractivity (Wildman–Crippen MR) is 124 cm³/mol. The van der Waals surface area contributed by atoms with Crippen molar-refractivity contribution in [3.63, 3.8) is 0 Å². The molecule has 168 valence electrons. The molecule has 2 aromatic carbocycles. The van der Waals surface area contributed by atoms with Crippen molar-refractivity contribution in [3.05, 3.63) is 46.5 Å². The topological polar surface area (TPSA) is 133 Å². The van der Waals surface area contributed by atoms with Gasteiger partial charge in [-0.15, -0.1) is 0 Å². The van der Waals surface area contributed by atoms with Gasteiger partial charge in [0.05, 0.1) is 0 Å². The lowest BCUT2D eigenvalue weighted by molar-refractivity contribution is 0.381. The zero-order valence-corrected chi connectivity index (χ0v) is 18.4. The van der Waals surface area contributed by atoms with Crippen molar-refractivity contribution in [2.24, 2.45) is 0 Å². The Hall–Kier alpha value is -2.49. The molecule has 4 aliphatic rings. The van der Waals surface area contributed by atoms with Crippen molar-refractivity contribution in [3.8, 4) is 0 Å². The Morgan fingerprint density at radius 2 is 0.968 bits per heavy atom. The molecule has 0 aliphatic carbocycles. The first-order valence-electron chi connectivity index (χ1n) is 10.7. The van der Waals surface area contributed by atoms with E-state index in [-0.39, 0.29) is 0 Å². The lowest BCUT2D eigenvalue weighted by Gasteiger charge is -2.27. The van der Waals surface area contributed by atoms with E-state index in [1.54, 1.807) is 0 Å². The standard InChI is InChI=1S/2C11H14N2.H2O4S/c2*12-10-6-8-2-1-4-13-5-3-9(7-10)11(8)13;1-5(2,3)4/h2*6-7H,1-5,12H2;(H2,1,2,3,4). The van der Waals surface area contributed by atoms with Crippen LogP contribution < -0.4 is 21.3 Å². The Bertz CT molecular complexity index is 1010. The number of nitrogen functional groups attached to an aromatic ring is 2. The zero-order chi connectivity index (χ0) is 22.2. The molecule has 0 saturated carbocycles. The molecular formula is C22H30N4O4S. The second-order valence-corrected chi connectivity index (χ2v) is 9.40. The summed E-state index contributed by atoms with van der Waals surface area (Å²) in [5.74, 6) is 0. The first-order chi connectivity index (χ1) is 14.7. The minimum Gasteiger partial charge on any atom is -0.399 e. The van der Waals surface area contributed by atoms with Crippen molar-refractivity contribution < 1.29 is 17.5 Å². The second-order valence-electron chi connectivity index (χ2n) is 8.50. The summed E-state index contributed by atoms with van der Waals surface area (Å²) in [4.78, 5) is 5.02. The van der Waals surface area contributed by atoms with Crippen LogP contribution in [0.3, 0.4) is 0 Å². The van der Waals surface area contributed by atoms with Gasteiger partial charge in [-0.05, 0) is 85.0 Å². The molecule has 4 heterocycles. The largest absolute Gasteiger partial charge is 0.399 e. The van der Waals surface area contributed by atoms with Crippen LogP contribution in [0.5, 0.6) is 0 Å². The zero-order valence-electron chi connectivity index (χ0n) is 17.5. The van der Waals surface area contributed by atoms with Crippen LogP contribution >= 0.6 is 0 Å². The van der Waals surface area contributed by atoms with Gasteiger partial charge in [-0.25, -0.2) is 0 Å². The van der Waals surface area contributed by atoms with Crippen molar-refractivity contribution in [2.45, 2.75) is 38.5 Å². The van der Waals surface area contributed by atoms with Crippen molar-refractivity contribution in [1.82, 2.24) is 0 Å². The molecule has 0 bridgehead atoms. The van der Waals surface area contributed by atoms with Crippen LogP contribution in [-0.4, -0.2) is 43.7 Å². The smallest absolute Gasteiger partial charge is 0.394 e. The van der Waals surface area contributed by atoms with Gasteiger partial charge in [0.2, 0.25) is 0 Å². The van der Waals surface area contributed by atoms with E-state index in [0.29, 0.717) is 0 Å². The molecule has 0 saturated heterocycles. The minimum atomic E-state index is -4.67. The summed E-state index contributed by atoms with van der Waals surface area (Å²) in [6, 6.07) is 8.58. The van der Waals surface area contributed by atoms with Gasteiger partial charge in [0.15, 0.2) is 0 Å². The lowest BCUT2D eigenvalue weighted by Crippen LogP contribution is -2.26. The van der Waals surface area contributed by atoms with Crippen LogP contribution in [0.2, 0.25) is 0 Å². The maximum Gasteiger partial charge on any atom is 0.394 e. The monoisotopic (exact) mass is 446 g/mol. The van der Waals surface area contributed by atoms with Crippen molar-refractivity contribution >= 4 is 33.1 Å². The number of rotatable bonds is 0. The van der Waals surface area contributed by atoms with Gasteiger partial charge >= 0.3 is 10.4 Å². The summed E-state index contributed by atoms with van der Waals surface area (Å²) in [7, 11) is -4.67. The first-order valence-corrected chi connectivity index (χ1v) is 12.1. The molecule has 0 unspecified atom stereocenters. The van der Waals surface area contributed by atoms with Gasteiger partial charge in [-0.1, -0.05) is 0 Å². The van der Waals surface area contributed by atoms with Gasteiger partial charge in [-0.2, -0.15) is 8.42 Å².